The molecule has 1 N–H and O–H groups in total. The first-order valence-corrected chi connectivity index (χ1v) is 10.5. The molecule has 4 rings (SSSR count). The van der Waals surface area contributed by atoms with E-state index in [-0.39, 0.29) is 23.8 Å². The molecule has 4 aromatic rings. The van der Waals surface area contributed by atoms with Gasteiger partial charge in [0, 0.05) is 5.69 Å². The lowest BCUT2D eigenvalue weighted by molar-refractivity contribution is -0.113. The first kappa shape index (κ1) is 20.0. The standard InChI is InChI=1S/C23H21N3O3S/c1-15-10-16(2)12-17(11-15)24-21(27)14-30-23-25-20-8-4-3-7-19(20)22(28)26(23)13-18-6-5-9-29-18/h3-12H,13-14H2,1-2H3,(H,24,27). The normalized spacial score (nSPS) is 11.0. The van der Waals surface area contributed by atoms with Crippen LogP contribution in [0.5, 0.6) is 0 Å². The molecule has 6 nitrogen and oxygen atoms in total. The largest absolute Gasteiger partial charge is 0.467 e. The molecule has 7 heteroatoms. The Hall–Kier alpha value is -3.32. The molecule has 0 spiro atoms. The third kappa shape index (κ3) is 4.46. The van der Waals surface area contributed by atoms with E-state index in [9.17, 15) is 9.59 Å². The van der Waals surface area contributed by atoms with E-state index in [1.807, 2.05) is 44.2 Å². The summed E-state index contributed by atoms with van der Waals surface area (Å²) in [6.07, 6.45) is 1.57. The number of aryl methyl sites for hydroxylation is 2. The van der Waals surface area contributed by atoms with Gasteiger partial charge in [-0.25, -0.2) is 4.98 Å². The van der Waals surface area contributed by atoms with Gasteiger partial charge in [0.1, 0.15) is 5.76 Å². The Labute approximate surface area is 177 Å². The maximum absolute atomic E-state index is 13.1. The third-order valence-electron chi connectivity index (χ3n) is 4.56. The van der Waals surface area contributed by atoms with Gasteiger partial charge in [-0.2, -0.15) is 0 Å². The predicted molar refractivity (Wildman–Crippen MR) is 119 cm³/mol. The quantitative estimate of drug-likeness (QED) is 0.371. The van der Waals surface area contributed by atoms with E-state index in [1.165, 1.54) is 11.8 Å². The molecule has 0 radical (unpaired) electrons. The number of para-hydroxylation sites is 1. The molecule has 0 unspecified atom stereocenters. The van der Waals surface area contributed by atoms with E-state index in [4.69, 9.17) is 4.42 Å². The number of benzene rings is 2. The average molecular weight is 420 g/mol. The van der Waals surface area contributed by atoms with Gasteiger partial charge in [0.05, 0.1) is 29.5 Å². The number of carbonyl (C=O) groups is 1. The predicted octanol–water partition coefficient (Wildman–Crippen LogP) is 4.39. The summed E-state index contributed by atoms with van der Waals surface area (Å²) in [5.41, 5.74) is 3.38. The van der Waals surface area contributed by atoms with Gasteiger partial charge in [-0.15, -0.1) is 0 Å². The number of amides is 1. The van der Waals surface area contributed by atoms with Gasteiger partial charge in [0.2, 0.25) is 5.91 Å². The number of carbonyl (C=O) groups excluding carboxylic acids is 1. The SMILES string of the molecule is Cc1cc(C)cc(NC(=O)CSc2nc3ccccc3c(=O)n2Cc2ccco2)c1. The smallest absolute Gasteiger partial charge is 0.262 e. The average Bonchev–Trinajstić information content (AvgIpc) is 3.21. The highest BCUT2D eigenvalue weighted by atomic mass is 32.2. The fourth-order valence-electron chi connectivity index (χ4n) is 3.33. The van der Waals surface area contributed by atoms with Crippen LogP contribution in [-0.4, -0.2) is 21.2 Å². The molecule has 0 saturated heterocycles. The topological polar surface area (TPSA) is 77.1 Å². The Morgan fingerprint density at radius 2 is 1.87 bits per heavy atom. The summed E-state index contributed by atoms with van der Waals surface area (Å²) in [7, 11) is 0. The van der Waals surface area contributed by atoms with Gasteiger partial charge >= 0.3 is 0 Å². The van der Waals surface area contributed by atoms with Crippen LogP contribution in [0.3, 0.4) is 0 Å². The second-order valence-corrected chi connectivity index (χ2v) is 8.04. The number of rotatable bonds is 6. The maximum Gasteiger partial charge on any atom is 0.262 e. The molecule has 2 aromatic carbocycles. The lowest BCUT2D eigenvalue weighted by atomic mass is 10.1. The molecule has 30 heavy (non-hydrogen) atoms. The number of hydrogen-bond donors (Lipinski definition) is 1. The van der Waals surface area contributed by atoms with E-state index in [2.05, 4.69) is 16.4 Å². The third-order valence-corrected chi connectivity index (χ3v) is 5.53. The van der Waals surface area contributed by atoms with Crippen LogP contribution in [0.15, 0.2) is 75.2 Å². The summed E-state index contributed by atoms with van der Waals surface area (Å²) in [4.78, 5) is 30.2. The van der Waals surface area contributed by atoms with E-state index >= 15 is 0 Å². The van der Waals surface area contributed by atoms with Crippen molar-refractivity contribution in [2.45, 2.75) is 25.5 Å². The van der Waals surface area contributed by atoms with Crippen molar-refractivity contribution in [3.8, 4) is 0 Å². The number of anilines is 1. The number of nitrogens with one attached hydrogen (secondary N) is 1. The van der Waals surface area contributed by atoms with Crippen LogP contribution in [0, 0.1) is 13.8 Å². The molecule has 0 bridgehead atoms. The van der Waals surface area contributed by atoms with E-state index in [1.54, 1.807) is 29.0 Å². The Kier molecular flexibility index (Phi) is 5.72. The van der Waals surface area contributed by atoms with Gasteiger partial charge in [0.15, 0.2) is 5.16 Å². The fraction of sp³-hybridized carbons (Fsp3) is 0.174. The minimum atomic E-state index is -0.158. The monoisotopic (exact) mass is 419 g/mol. The number of furan rings is 1. The summed E-state index contributed by atoms with van der Waals surface area (Å²) in [6.45, 7) is 4.23. The van der Waals surface area contributed by atoms with Crippen LogP contribution in [0.4, 0.5) is 5.69 Å². The number of hydrogen-bond acceptors (Lipinski definition) is 5. The summed E-state index contributed by atoms with van der Waals surface area (Å²) < 4.78 is 6.96. The Bertz CT molecular complexity index is 1240. The number of nitrogens with zero attached hydrogens (tertiary/aromatic N) is 2. The zero-order chi connectivity index (χ0) is 21.1. The molecule has 0 aliphatic rings. The zero-order valence-electron chi connectivity index (χ0n) is 16.7. The van der Waals surface area contributed by atoms with E-state index in [0.717, 1.165) is 16.8 Å². The van der Waals surface area contributed by atoms with Crippen molar-refractivity contribution in [3.63, 3.8) is 0 Å². The van der Waals surface area contributed by atoms with Crippen molar-refractivity contribution in [1.82, 2.24) is 9.55 Å². The molecule has 0 saturated carbocycles. The molecule has 2 aromatic heterocycles. The summed E-state index contributed by atoms with van der Waals surface area (Å²) in [6, 6.07) is 16.7. The van der Waals surface area contributed by atoms with Crippen molar-refractivity contribution in [3.05, 3.63) is 88.1 Å². The number of thioether (sulfide) groups is 1. The molecule has 2 heterocycles. The zero-order valence-corrected chi connectivity index (χ0v) is 17.5. The van der Waals surface area contributed by atoms with Crippen LogP contribution in [0.1, 0.15) is 16.9 Å². The van der Waals surface area contributed by atoms with Crippen LogP contribution >= 0.6 is 11.8 Å². The van der Waals surface area contributed by atoms with Gasteiger partial charge in [-0.05, 0) is 61.4 Å². The number of aromatic nitrogens is 2. The minimum absolute atomic E-state index is 0.135. The maximum atomic E-state index is 13.1. The molecule has 152 valence electrons. The fourth-order valence-corrected chi connectivity index (χ4v) is 4.13. The second-order valence-electron chi connectivity index (χ2n) is 7.10. The lowest BCUT2D eigenvalue weighted by Gasteiger charge is -2.12. The second kappa shape index (κ2) is 8.59. The Morgan fingerprint density at radius 3 is 2.60 bits per heavy atom. The molecule has 0 fully saturated rings. The number of fused-ring (bicyclic) bond motifs is 1. The van der Waals surface area contributed by atoms with Crippen molar-refractivity contribution < 1.29 is 9.21 Å². The lowest BCUT2D eigenvalue weighted by Crippen LogP contribution is -2.24. The van der Waals surface area contributed by atoms with Crippen molar-refractivity contribution in [2.75, 3.05) is 11.1 Å². The van der Waals surface area contributed by atoms with Crippen molar-refractivity contribution in [2.24, 2.45) is 0 Å². The van der Waals surface area contributed by atoms with Crippen molar-refractivity contribution in [1.29, 1.82) is 0 Å². The highest BCUT2D eigenvalue weighted by Crippen LogP contribution is 2.20. The molecular weight excluding hydrogens is 398 g/mol. The van der Waals surface area contributed by atoms with Crippen LogP contribution < -0.4 is 10.9 Å². The molecule has 0 atom stereocenters. The minimum Gasteiger partial charge on any atom is -0.467 e. The van der Waals surface area contributed by atoms with Gasteiger partial charge in [-0.3, -0.25) is 14.2 Å². The first-order valence-electron chi connectivity index (χ1n) is 9.52. The first-order chi connectivity index (χ1) is 14.5. The van der Waals surface area contributed by atoms with Crippen molar-refractivity contribution >= 4 is 34.3 Å². The molecule has 0 aliphatic heterocycles. The summed E-state index contributed by atoms with van der Waals surface area (Å²) in [5.74, 6) is 0.628. The summed E-state index contributed by atoms with van der Waals surface area (Å²) in [5, 5.41) is 3.93. The summed E-state index contributed by atoms with van der Waals surface area (Å²) >= 11 is 1.23. The van der Waals surface area contributed by atoms with Gasteiger partial charge in [-0.1, -0.05) is 30.0 Å². The highest BCUT2D eigenvalue weighted by molar-refractivity contribution is 7.99. The molecular formula is C23H21N3O3S. The van der Waals surface area contributed by atoms with Crippen LogP contribution in [0.25, 0.3) is 10.9 Å². The van der Waals surface area contributed by atoms with Crippen LogP contribution in [0.2, 0.25) is 0 Å². The van der Waals surface area contributed by atoms with E-state index < -0.39 is 0 Å². The van der Waals surface area contributed by atoms with Crippen LogP contribution in [-0.2, 0) is 11.3 Å². The molecule has 1 amide bonds. The van der Waals surface area contributed by atoms with Gasteiger partial charge in [0.25, 0.3) is 5.56 Å². The van der Waals surface area contributed by atoms with E-state index in [0.29, 0.717) is 21.8 Å². The molecule has 0 aliphatic carbocycles. The highest BCUT2D eigenvalue weighted by Gasteiger charge is 2.15. The Balaban J connectivity index is 1.59. The van der Waals surface area contributed by atoms with Gasteiger partial charge < -0.3 is 9.73 Å². The Morgan fingerprint density at radius 1 is 1.10 bits per heavy atom.